The Bertz CT molecular complexity index is 706. The quantitative estimate of drug-likeness (QED) is 0.699. The van der Waals surface area contributed by atoms with Gasteiger partial charge in [0.15, 0.2) is 0 Å². The molecule has 1 atom stereocenters. The number of methoxy groups -OCH3 is 1. The fraction of sp³-hybridized carbons (Fsp3) is 0.167. The van der Waals surface area contributed by atoms with Gasteiger partial charge in [0.1, 0.15) is 5.75 Å². The number of nitrogens with zero attached hydrogens (tertiary/aromatic N) is 2. The van der Waals surface area contributed by atoms with Crippen LogP contribution in [0.2, 0.25) is 5.02 Å². The number of benzene rings is 2. The third-order valence-electron chi connectivity index (χ3n) is 3.73. The van der Waals surface area contributed by atoms with E-state index in [1.807, 2.05) is 36.8 Å². The van der Waals surface area contributed by atoms with E-state index in [1.165, 1.54) is 11.1 Å². The number of hydrogen-bond acceptors (Lipinski definition) is 2. The van der Waals surface area contributed by atoms with Gasteiger partial charge >= 0.3 is 0 Å². The van der Waals surface area contributed by atoms with Crippen molar-refractivity contribution >= 4 is 11.6 Å². The summed E-state index contributed by atoms with van der Waals surface area (Å²) in [5.41, 5.74) is 2.45. The highest BCUT2D eigenvalue weighted by Crippen LogP contribution is 2.25. The average molecular weight is 313 g/mol. The summed E-state index contributed by atoms with van der Waals surface area (Å²) in [7, 11) is 1.68. The Balaban J connectivity index is 1.91. The minimum absolute atomic E-state index is 0.189. The van der Waals surface area contributed by atoms with Gasteiger partial charge < -0.3 is 9.30 Å². The van der Waals surface area contributed by atoms with Crippen molar-refractivity contribution in [2.24, 2.45) is 0 Å². The molecule has 4 heteroatoms. The number of aromatic nitrogens is 2. The molecule has 22 heavy (non-hydrogen) atoms. The SMILES string of the molecule is COc1ccc(C(Cc2ccc(Cl)cc2)n2ccnc2)cc1. The van der Waals surface area contributed by atoms with E-state index in [4.69, 9.17) is 16.3 Å². The molecule has 3 nitrogen and oxygen atoms in total. The summed E-state index contributed by atoms with van der Waals surface area (Å²) in [6.45, 7) is 0. The van der Waals surface area contributed by atoms with E-state index in [0.29, 0.717) is 0 Å². The average Bonchev–Trinajstić information content (AvgIpc) is 3.09. The highest BCUT2D eigenvalue weighted by Gasteiger charge is 2.14. The highest BCUT2D eigenvalue weighted by molar-refractivity contribution is 6.30. The van der Waals surface area contributed by atoms with E-state index in [-0.39, 0.29) is 6.04 Å². The highest BCUT2D eigenvalue weighted by atomic mass is 35.5. The van der Waals surface area contributed by atoms with Crippen LogP contribution in [0.15, 0.2) is 67.3 Å². The Morgan fingerprint density at radius 1 is 1.09 bits per heavy atom. The van der Waals surface area contributed by atoms with E-state index >= 15 is 0 Å². The molecule has 0 aliphatic carbocycles. The van der Waals surface area contributed by atoms with E-state index in [1.54, 1.807) is 13.3 Å². The second-order valence-electron chi connectivity index (χ2n) is 5.13. The number of rotatable bonds is 5. The first-order valence-corrected chi connectivity index (χ1v) is 7.50. The Hall–Kier alpha value is -2.26. The van der Waals surface area contributed by atoms with Crippen molar-refractivity contribution in [2.45, 2.75) is 12.5 Å². The zero-order chi connectivity index (χ0) is 15.4. The van der Waals surface area contributed by atoms with Gasteiger partial charge in [-0.1, -0.05) is 35.9 Å². The van der Waals surface area contributed by atoms with Crippen LogP contribution in [0.1, 0.15) is 17.2 Å². The first-order valence-electron chi connectivity index (χ1n) is 7.12. The van der Waals surface area contributed by atoms with Gasteiger partial charge in [0.25, 0.3) is 0 Å². The van der Waals surface area contributed by atoms with E-state index in [0.717, 1.165) is 17.2 Å². The molecule has 112 valence electrons. The van der Waals surface area contributed by atoms with Gasteiger partial charge in [0.05, 0.1) is 19.5 Å². The molecule has 3 rings (SSSR count). The lowest BCUT2D eigenvalue weighted by Gasteiger charge is -2.19. The number of imidazole rings is 1. The van der Waals surface area contributed by atoms with E-state index < -0.39 is 0 Å². The summed E-state index contributed by atoms with van der Waals surface area (Å²) in [5.74, 6) is 0.861. The minimum atomic E-state index is 0.189. The Morgan fingerprint density at radius 2 is 1.82 bits per heavy atom. The van der Waals surface area contributed by atoms with Gasteiger partial charge in [0.2, 0.25) is 0 Å². The molecule has 1 heterocycles. The summed E-state index contributed by atoms with van der Waals surface area (Å²) in [4.78, 5) is 4.18. The molecule has 0 spiro atoms. The Kier molecular flexibility index (Phi) is 4.45. The molecule has 0 radical (unpaired) electrons. The lowest BCUT2D eigenvalue weighted by Crippen LogP contribution is -2.12. The molecule has 1 aromatic heterocycles. The van der Waals surface area contributed by atoms with Crippen LogP contribution in [-0.2, 0) is 6.42 Å². The Morgan fingerprint density at radius 3 is 2.41 bits per heavy atom. The first-order chi connectivity index (χ1) is 10.8. The maximum atomic E-state index is 5.97. The van der Waals surface area contributed by atoms with Crippen molar-refractivity contribution in [3.8, 4) is 5.75 Å². The van der Waals surface area contributed by atoms with Crippen molar-refractivity contribution < 1.29 is 4.74 Å². The fourth-order valence-electron chi connectivity index (χ4n) is 2.52. The maximum absolute atomic E-state index is 5.97. The van der Waals surface area contributed by atoms with Crippen LogP contribution >= 0.6 is 11.6 Å². The molecule has 3 aromatic rings. The number of hydrogen-bond donors (Lipinski definition) is 0. The molecular formula is C18H17ClN2O. The van der Waals surface area contributed by atoms with Crippen molar-refractivity contribution in [3.63, 3.8) is 0 Å². The third-order valence-corrected chi connectivity index (χ3v) is 3.98. The second-order valence-corrected chi connectivity index (χ2v) is 5.57. The van der Waals surface area contributed by atoms with Crippen molar-refractivity contribution in [3.05, 3.63) is 83.4 Å². The minimum Gasteiger partial charge on any atom is -0.497 e. The summed E-state index contributed by atoms with van der Waals surface area (Å²) < 4.78 is 7.36. The first kappa shape index (κ1) is 14.7. The number of halogens is 1. The van der Waals surface area contributed by atoms with Crippen LogP contribution in [0.25, 0.3) is 0 Å². The van der Waals surface area contributed by atoms with Gasteiger partial charge in [-0.3, -0.25) is 0 Å². The van der Waals surface area contributed by atoms with Crippen LogP contribution in [0.5, 0.6) is 5.75 Å². The van der Waals surface area contributed by atoms with Gasteiger partial charge in [-0.15, -0.1) is 0 Å². The van der Waals surface area contributed by atoms with Crippen LogP contribution in [0.3, 0.4) is 0 Å². The van der Waals surface area contributed by atoms with Crippen molar-refractivity contribution in [1.82, 2.24) is 9.55 Å². The van der Waals surface area contributed by atoms with E-state index in [2.05, 4.69) is 33.8 Å². The summed E-state index contributed by atoms with van der Waals surface area (Å²) in [5, 5.41) is 0.757. The summed E-state index contributed by atoms with van der Waals surface area (Å²) in [6.07, 6.45) is 6.52. The Labute approximate surface area is 135 Å². The molecule has 0 N–H and O–H groups in total. The molecular weight excluding hydrogens is 296 g/mol. The van der Waals surface area contributed by atoms with Crippen LogP contribution in [0, 0.1) is 0 Å². The van der Waals surface area contributed by atoms with Gasteiger partial charge in [-0.05, 0) is 41.8 Å². The molecule has 0 amide bonds. The smallest absolute Gasteiger partial charge is 0.118 e. The fourth-order valence-corrected chi connectivity index (χ4v) is 2.64. The molecule has 0 saturated heterocycles. The van der Waals surface area contributed by atoms with Crippen LogP contribution < -0.4 is 4.74 Å². The summed E-state index contributed by atoms with van der Waals surface area (Å²) in [6, 6.07) is 16.3. The molecule has 0 saturated carbocycles. The van der Waals surface area contributed by atoms with Crippen molar-refractivity contribution in [2.75, 3.05) is 7.11 Å². The standard InChI is InChI=1S/C18H17ClN2O/c1-22-17-8-4-15(5-9-17)18(21-11-10-20-13-21)12-14-2-6-16(19)7-3-14/h2-11,13,18H,12H2,1H3. The molecule has 0 fully saturated rings. The predicted octanol–water partition coefficient (Wildman–Crippen LogP) is 4.38. The molecule has 2 aromatic carbocycles. The normalized spacial score (nSPS) is 12.1. The lowest BCUT2D eigenvalue weighted by atomic mass is 9.98. The van der Waals surface area contributed by atoms with Crippen LogP contribution in [0.4, 0.5) is 0 Å². The lowest BCUT2D eigenvalue weighted by molar-refractivity contribution is 0.414. The molecule has 0 bridgehead atoms. The largest absolute Gasteiger partial charge is 0.497 e. The van der Waals surface area contributed by atoms with Gasteiger partial charge in [-0.25, -0.2) is 4.98 Å². The van der Waals surface area contributed by atoms with Crippen molar-refractivity contribution in [1.29, 1.82) is 0 Å². The predicted molar refractivity (Wildman–Crippen MR) is 88.5 cm³/mol. The van der Waals surface area contributed by atoms with Gasteiger partial charge in [0, 0.05) is 17.4 Å². The van der Waals surface area contributed by atoms with Gasteiger partial charge in [-0.2, -0.15) is 0 Å². The monoisotopic (exact) mass is 312 g/mol. The zero-order valence-electron chi connectivity index (χ0n) is 12.3. The third kappa shape index (κ3) is 3.31. The maximum Gasteiger partial charge on any atom is 0.118 e. The van der Waals surface area contributed by atoms with Crippen LogP contribution in [-0.4, -0.2) is 16.7 Å². The second kappa shape index (κ2) is 6.67. The number of ether oxygens (including phenoxy) is 1. The molecule has 0 aliphatic rings. The molecule has 1 unspecified atom stereocenters. The van der Waals surface area contributed by atoms with E-state index in [9.17, 15) is 0 Å². The topological polar surface area (TPSA) is 27.1 Å². The summed E-state index contributed by atoms with van der Waals surface area (Å²) >= 11 is 5.97. The zero-order valence-corrected chi connectivity index (χ0v) is 13.1. The molecule has 0 aliphatic heterocycles.